The molecule has 0 aliphatic heterocycles. The largest absolute Gasteiger partial charge is 0.496 e. The van der Waals surface area contributed by atoms with Gasteiger partial charge in [-0.3, -0.25) is 0 Å². The Morgan fingerprint density at radius 2 is 2.17 bits per heavy atom. The molecule has 6 heteroatoms. The fraction of sp³-hybridized carbons (Fsp3) is 0.235. The molecule has 1 heterocycles. The van der Waals surface area contributed by atoms with E-state index in [-0.39, 0.29) is 6.61 Å². The number of ether oxygens (including phenoxy) is 1. The third kappa shape index (κ3) is 3.13. The Kier molecular flexibility index (Phi) is 4.73. The van der Waals surface area contributed by atoms with Gasteiger partial charge < -0.3 is 19.1 Å². The molecule has 2 aromatic carbocycles. The van der Waals surface area contributed by atoms with Crippen molar-refractivity contribution in [3.63, 3.8) is 0 Å². The monoisotopic (exact) mass is 330 g/mol. The molecular formula is C17H18N2O3S. The number of aliphatic hydroxyl groups is 1. The number of nitrogens with one attached hydrogen (secondary N) is 1. The smallest absolute Gasteiger partial charge is 0.187 e. The molecule has 2 N–H and O–H groups in total. The van der Waals surface area contributed by atoms with E-state index >= 15 is 0 Å². The van der Waals surface area contributed by atoms with Crippen LogP contribution in [0.4, 0.5) is 5.82 Å². The lowest BCUT2D eigenvalue weighted by Gasteiger charge is -2.09. The van der Waals surface area contributed by atoms with E-state index in [2.05, 4.69) is 28.9 Å². The van der Waals surface area contributed by atoms with Crippen molar-refractivity contribution < 1.29 is 14.4 Å². The number of hydrogen-bond donors (Lipinski definition) is 2. The summed E-state index contributed by atoms with van der Waals surface area (Å²) in [7, 11) is 1.66. The molecule has 0 saturated carbocycles. The molecule has 5 nitrogen and oxygen atoms in total. The molecule has 0 bridgehead atoms. The topological polar surface area (TPSA) is 67.5 Å². The van der Waals surface area contributed by atoms with Crippen LogP contribution >= 0.6 is 11.9 Å². The number of anilines is 1. The molecule has 0 amide bonds. The maximum atomic E-state index is 9.35. The normalized spacial score (nSPS) is 10.9. The van der Waals surface area contributed by atoms with Gasteiger partial charge in [-0.25, -0.2) is 0 Å². The van der Waals surface area contributed by atoms with Gasteiger partial charge in [0.1, 0.15) is 5.75 Å². The van der Waals surface area contributed by atoms with Crippen LogP contribution in [0.25, 0.3) is 11.0 Å². The van der Waals surface area contributed by atoms with Gasteiger partial charge in [0, 0.05) is 5.56 Å². The van der Waals surface area contributed by atoms with Crippen LogP contribution < -0.4 is 9.46 Å². The molecular weight excluding hydrogens is 312 g/mol. The number of hydrogen-bond acceptors (Lipinski definition) is 6. The van der Waals surface area contributed by atoms with Crippen LogP contribution in [-0.2, 0) is 13.0 Å². The molecule has 3 rings (SSSR count). The molecule has 120 valence electrons. The number of aryl methyl sites for hydroxylation is 1. The van der Waals surface area contributed by atoms with Crippen molar-refractivity contribution in [3.8, 4) is 5.75 Å². The molecule has 0 saturated heterocycles. The van der Waals surface area contributed by atoms with Gasteiger partial charge in [-0.1, -0.05) is 30.3 Å². The van der Waals surface area contributed by atoms with E-state index in [4.69, 9.17) is 9.26 Å². The quantitative estimate of drug-likeness (QED) is 0.666. The van der Waals surface area contributed by atoms with Gasteiger partial charge in [-0.2, -0.15) is 0 Å². The van der Waals surface area contributed by atoms with Crippen molar-refractivity contribution in [1.29, 1.82) is 0 Å². The lowest BCUT2D eigenvalue weighted by atomic mass is 10.1. The van der Waals surface area contributed by atoms with Gasteiger partial charge in [-0.15, -0.1) is 0 Å². The van der Waals surface area contributed by atoms with Gasteiger partial charge in [0.15, 0.2) is 11.4 Å². The number of aromatic nitrogens is 1. The molecule has 0 radical (unpaired) electrons. The predicted octanol–water partition coefficient (Wildman–Crippen LogP) is 4.01. The van der Waals surface area contributed by atoms with Crippen molar-refractivity contribution in [3.05, 3.63) is 47.5 Å². The van der Waals surface area contributed by atoms with Crippen LogP contribution in [0.15, 0.2) is 45.8 Å². The molecule has 0 fully saturated rings. The van der Waals surface area contributed by atoms with Crippen molar-refractivity contribution in [2.45, 2.75) is 24.8 Å². The Bertz CT molecular complexity index is 817. The lowest BCUT2D eigenvalue weighted by molar-refractivity contribution is 0.280. The highest BCUT2D eigenvalue weighted by molar-refractivity contribution is 8.00. The molecule has 3 aromatic rings. The van der Waals surface area contributed by atoms with Crippen LogP contribution in [0, 0.1) is 0 Å². The third-order valence-electron chi connectivity index (χ3n) is 3.64. The van der Waals surface area contributed by atoms with Crippen LogP contribution in [0.5, 0.6) is 5.75 Å². The highest BCUT2D eigenvalue weighted by atomic mass is 32.2. The average Bonchev–Trinajstić information content (AvgIpc) is 3.02. The van der Waals surface area contributed by atoms with E-state index in [1.165, 1.54) is 17.5 Å². The first-order valence-corrected chi connectivity index (χ1v) is 8.16. The molecule has 0 unspecified atom stereocenters. The Labute approximate surface area is 138 Å². The number of nitrogens with zero attached hydrogens (tertiary/aromatic N) is 1. The summed E-state index contributed by atoms with van der Waals surface area (Å²) in [4.78, 5) is 0.987. The molecule has 0 spiro atoms. The van der Waals surface area contributed by atoms with Crippen LogP contribution in [0.3, 0.4) is 0 Å². The minimum atomic E-state index is -0.0779. The lowest BCUT2D eigenvalue weighted by Crippen LogP contribution is -1.93. The van der Waals surface area contributed by atoms with Gasteiger partial charge >= 0.3 is 0 Å². The van der Waals surface area contributed by atoms with Crippen molar-refractivity contribution in [2.75, 3.05) is 11.8 Å². The van der Waals surface area contributed by atoms with E-state index in [1.54, 1.807) is 7.11 Å². The Morgan fingerprint density at radius 1 is 1.30 bits per heavy atom. The summed E-state index contributed by atoms with van der Waals surface area (Å²) >= 11 is 1.43. The summed E-state index contributed by atoms with van der Waals surface area (Å²) in [5, 5.41) is 14.2. The number of para-hydroxylation sites is 1. The average molecular weight is 330 g/mol. The fourth-order valence-electron chi connectivity index (χ4n) is 2.34. The maximum absolute atomic E-state index is 9.35. The number of aliphatic hydroxyl groups excluding tert-OH is 1. The second kappa shape index (κ2) is 6.93. The Morgan fingerprint density at radius 3 is 2.91 bits per heavy atom. The second-order valence-electron chi connectivity index (χ2n) is 5.03. The Hall–Kier alpha value is -2.18. The van der Waals surface area contributed by atoms with Gasteiger partial charge in [0.25, 0.3) is 0 Å². The van der Waals surface area contributed by atoms with Crippen molar-refractivity contribution in [1.82, 2.24) is 5.16 Å². The van der Waals surface area contributed by atoms with Gasteiger partial charge in [0.2, 0.25) is 0 Å². The van der Waals surface area contributed by atoms with Crippen molar-refractivity contribution >= 4 is 28.7 Å². The zero-order chi connectivity index (χ0) is 16.2. The molecule has 0 atom stereocenters. The summed E-state index contributed by atoms with van der Waals surface area (Å²) in [6.45, 7) is 2.04. The highest BCUT2D eigenvalue weighted by Gasteiger charge is 2.12. The summed E-state index contributed by atoms with van der Waals surface area (Å²) in [5.41, 5.74) is 2.56. The molecule has 0 aliphatic rings. The number of benzene rings is 2. The predicted molar refractivity (Wildman–Crippen MR) is 91.8 cm³/mol. The Balaban J connectivity index is 1.86. The summed E-state index contributed by atoms with van der Waals surface area (Å²) in [6.07, 6.45) is 0.963. The zero-order valence-electron chi connectivity index (χ0n) is 13.0. The standard InChI is InChI=1S/C17H18N2O3S/c1-3-11-7-8-14(21-2)15(9-11)23-19-17-13-6-4-5-12(10-20)16(13)22-18-17/h4-9,20H,3,10H2,1-2H3,(H,18,19). The number of fused-ring (bicyclic) bond motifs is 1. The summed E-state index contributed by atoms with van der Waals surface area (Å²) in [6, 6.07) is 11.7. The molecule has 1 aromatic heterocycles. The minimum Gasteiger partial charge on any atom is -0.496 e. The first-order chi connectivity index (χ1) is 11.3. The zero-order valence-corrected chi connectivity index (χ0v) is 13.8. The van der Waals surface area contributed by atoms with Crippen LogP contribution in [0.1, 0.15) is 18.1 Å². The third-order valence-corrected chi connectivity index (χ3v) is 4.48. The summed E-state index contributed by atoms with van der Waals surface area (Å²) in [5.74, 6) is 1.44. The van der Waals surface area contributed by atoms with Gasteiger partial charge in [-0.05, 0) is 42.1 Å². The van der Waals surface area contributed by atoms with Crippen molar-refractivity contribution in [2.24, 2.45) is 0 Å². The molecule has 0 aliphatic carbocycles. The van der Waals surface area contributed by atoms with E-state index in [0.717, 1.165) is 28.0 Å². The van der Waals surface area contributed by atoms with E-state index < -0.39 is 0 Å². The van der Waals surface area contributed by atoms with E-state index in [0.29, 0.717) is 11.4 Å². The molecule has 23 heavy (non-hydrogen) atoms. The SMILES string of the molecule is CCc1ccc(OC)c(SNc2noc3c(CO)cccc23)c1. The fourth-order valence-corrected chi connectivity index (χ4v) is 3.16. The van der Waals surface area contributed by atoms with E-state index in [1.807, 2.05) is 24.3 Å². The van der Waals surface area contributed by atoms with Crippen LogP contribution in [-0.4, -0.2) is 17.4 Å². The van der Waals surface area contributed by atoms with Crippen LogP contribution in [0.2, 0.25) is 0 Å². The minimum absolute atomic E-state index is 0.0779. The second-order valence-corrected chi connectivity index (χ2v) is 5.87. The highest BCUT2D eigenvalue weighted by Crippen LogP contribution is 2.33. The van der Waals surface area contributed by atoms with E-state index in [9.17, 15) is 5.11 Å². The summed E-state index contributed by atoms with van der Waals surface area (Å²) < 4.78 is 14.0. The number of rotatable bonds is 6. The number of methoxy groups -OCH3 is 1. The first-order valence-electron chi connectivity index (χ1n) is 7.34. The maximum Gasteiger partial charge on any atom is 0.187 e. The first kappa shape index (κ1) is 15.7. The van der Waals surface area contributed by atoms with Gasteiger partial charge in [0.05, 0.1) is 24.0 Å².